The van der Waals surface area contributed by atoms with Crippen LogP contribution in [0.4, 0.5) is 13.2 Å². The Morgan fingerprint density at radius 2 is 2.16 bits per heavy atom. The number of rotatable bonds is 4. The Morgan fingerprint density at radius 1 is 1.40 bits per heavy atom. The van der Waals surface area contributed by atoms with Gasteiger partial charge in [0.15, 0.2) is 5.58 Å². The van der Waals surface area contributed by atoms with Crippen molar-refractivity contribution in [2.45, 2.75) is 12.6 Å². The Balaban J connectivity index is 1.73. The molecule has 3 aromatic rings. The highest BCUT2D eigenvalue weighted by Crippen LogP contribution is 2.30. The van der Waals surface area contributed by atoms with E-state index in [1.54, 1.807) is 12.1 Å². The van der Waals surface area contributed by atoms with Gasteiger partial charge in [0, 0.05) is 19.0 Å². The van der Waals surface area contributed by atoms with Crippen molar-refractivity contribution >= 4 is 17.1 Å². The number of H-pyrrole nitrogens is 1. The maximum absolute atomic E-state index is 12.7. The summed E-state index contributed by atoms with van der Waals surface area (Å²) in [5.41, 5.74) is -0.573. The van der Waals surface area contributed by atoms with Crippen LogP contribution in [0, 0.1) is 0 Å². The molecule has 0 unspecified atom stereocenters. The molecule has 2 heterocycles. The molecule has 0 spiro atoms. The fourth-order valence-electron chi connectivity index (χ4n) is 2.39. The largest absolute Gasteiger partial charge is 0.462 e. The summed E-state index contributed by atoms with van der Waals surface area (Å²) in [5.74, 6) is -1.43. The first-order valence-electron chi connectivity index (χ1n) is 7.14. The van der Waals surface area contributed by atoms with Crippen molar-refractivity contribution in [3.8, 4) is 0 Å². The summed E-state index contributed by atoms with van der Waals surface area (Å²) in [5, 5.41) is 5.24. The molecule has 1 N–H and O–H groups in total. The number of aromatic amines is 1. The number of nitrogens with zero attached hydrogens (tertiary/aromatic N) is 2. The number of esters is 1. The molecule has 0 atom stereocenters. The number of benzene rings is 1. The number of halogens is 3. The summed E-state index contributed by atoms with van der Waals surface area (Å²) in [6.45, 7) is -0.283. The Labute approximate surface area is 138 Å². The molecule has 0 fully saturated rings. The maximum atomic E-state index is 12.7. The van der Waals surface area contributed by atoms with Crippen molar-refractivity contribution in [3.05, 3.63) is 51.8 Å². The lowest BCUT2D eigenvalue weighted by Gasteiger charge is -2.08. The molecule has 0 radical (unpaired) electrons. The number of carbonyl (C=O) groups is 1. The van der Waals surface area contributed by atoms with E-state index < -0.39 is 23.6 Å². The van der Waals surface area contributed by atoms with E-state index in [2.05, 4.69) is 5.10 Å². The molecular formula is C15H12F3N3O4. The van der Waals surface area contributed by atoms with Crippen LogP contribution in [0.2, 0.25) is 0 Å². The highest BCUT2D eigenvalue weighted by atomic mass is 19.4. The summed E-state index contributed by atoms with van der Waals surface area (Å²) in [7, 11) is 1.49. The minimum atomic E-state index is -4.56. The third-order valence-electron chi connectivity index (χ3n) is 3.64. The zero-order chi connectivity index (χ0) is 18.2. The first-order valence-corrected chi connectivity index (χ1v) is 7.14. The van der Waals surface area contributed by atoms with Gasteiger partial charge in [0.25, 0.3) is 0 Å². The molecule has 3 rings (SSSR count). The molecule has 1 aromatic carbocycles. The summed E-state index contributed by atoms with van der Waals surface area (Å²) in [6, 6.07) is 4.55. The van der Waals surface area contributed by atoms with Crippen LogP contribution in [0.1, 0.15) is 21.6 Å². The maximum Gasteiger partial charge on any atom is 0.433 e. The lowest BCUT2D eigenvalue weighted by atomic mass is 10.2. The highest BCUT2D eigenvalue weighted by Gasteiger charge is 2.35. The summed E-state index contributed by atoms with van der Waals surface area (Å²) < 4.78 is 49.4. The van der Waals surface area contributed by atoms with Crippen molar-refractivity contribution < 1.29 is 27.1 Å². The number of aryl methyl sites for hydroxylation is 1. The molecule has 0 saturated carbocycles. The minimum Gasteiger partial charge on any atom is -0.462 e. The molecule has 0 aliphatic rings. The fourth-order valence-corrected chi connectivity index (χ4v) is 2.39. The van der Waals surface area contributed by atoms with Crippen molar-refractivity contribution in [2.24, 2.45) is 7.05 Å². The standard InChI is InChI=1S/C15H12F3N3O4/c1-21-10-4-2-3-9(11(10)25-14(21)23)13(22)24-6-5-8-7-19-20-12(8)15(16,17)18/h2-4,7H,5-6H2,1H3,(H,19,20). The SMILES string of the molecule is Cn1c(=O)oc2c(C(=O)OCCc3cn[nH]c3C(F)(F)F)cccc21. The van der Waals surface area contributed by atoms with Crippen molar-refractivity contribution in [2.75, 3.05) is 6.61 Å². The van der Waals surface area contributed by atoms with E-state index in [9.17, 15) is 22.8 Å². The van der Waals surface area contributed by atoms with Gasteiger partial charge in [0.1, 0.15) is 11.3 Å². The molecule has 7 nitrogen and oxygen atoms in total. The van der Waals surface area contributed by atoms with Crippen LogP contribution in [-0.2, 0) is 24.4 Å². The van der Waals surface area contributed by atoms with Gasteiger partial charge >= 0.3 is 17.9 Å². The molecule has 2 aromatic heterocycles. The zero-order valence-electron chi connectivity index (χ0n) is 12.9. The quantitative estimate of drug-likeness (QED) is 0.725. The van der Waals surface area contributed by atoms with E-state index in [0.29, 0.717) is 5.52 Å². The molecule has 0 bridgehead atoms. The molecule has 132 valence electrons. The lowest BCUT2D eigenvalue weighted by molar-refractivity contribution is -0.141. The highest BCUT2D eigenvalue weighted by molar-refractivity contribution is 6.01. The number of nitrogens with one attached hydrogen (secondary N) is 1. The van der Waals surface area contributed by atoms with E-state index in [1.807, 2.05) is 5.10 Å². The number of ether oxygens (including phenoxy) is 1. The van der Waals surface area contributed by atoms with E-state index in [4.69, 9.17) is 9.15 Å². The van der Waals surface area contributed by atoms with E-state index >= 15 is 0 Å². The average molecular weight is 355 g/mol. The number of fused-ring (bicyclic) bond motifs is 1. The van der Waals surface area contributed by atoms with Gasteiger partial charge in [-0.25, -0.2) is 9.59 Å². The Kier molecular flexibility index (Phi) is 4.11. The van der Waals surface area contributed by atoms with Gasteiger partial charge in [-0.2, -0.15) is 18.3 Å². The number of para-hydroxylation sites is 1. The number of oxazole rings is 1. The molecule has 0 saturated heterocycles. The third kappa shape index (κ3) is 3.14. The van der Waals surface area contributed by atoms with Gasteiger partial charge in [-0.3, -0.25) is 9.67 Å². The van der Waals surface area contributed by atoms with Crippen molar-refractivity contribution in [1.82, 2.24) is 14.8 Å². The van der Waals surface area contributed by atoms with Gasteiger partial charge in [0.05, 0.1) is 18.3 Å². The second kappa shape index (κ2) is 6.11. The fraction of sp³-hybridized carbons (Fsp3) is 0.267. The number of aromatic nitrogens is 3. The Hall–Kier alpha value is -3.04. The molecular weight excluding hydrogens is 343 g/mol. The second-order valence-electron chi connectivity index (χ2n) is 5.23. The van der Waals surface area contributed by atoms with Crippen LogP contribution in [0.15, 0.2) is 33.6 Å². The number of alkyl halides is 3. The van der Waals surface area contributed by atoms with Gasteiger partial charge in [-0.05, 0) is 12.1 Å². The summed E-state index contributed by atoms with van der Waals surface area (Å²) in [4.78, 5) is 23.7. The number of carbonyl (C=O) groups excluding carboxylic acids is 1. The normalized spacial score (nSPS) is 11.8. The summed E-state index contributed by atoms with van der Waals surface area (Å²) >= 11 is 0. The van der Waals surface area contributed by atoms with Crippen LogP contribution in [0.25, 0.3) is 11.1 Å². The first kappa shape index (κ1) is 16.8. The predicted octanol–water partition coefficient (Wildman–Crippen LogP) is 2.27. The zero-order valence-corrected chi connectivity index (χ0v) is 12.9. The Bertz CT molecular complexity index is 984. The average Bonchev–Trinajstić information content (AvgIpc) is 3.13. The van der Waals surface area contributed by atoms with Crippen LogP contribution >= 0.6 is 0 Å². The van der Waals surface area contributed by atoms with Crippen LogP contribution < -0.4 is 5.76 Å². The van der Waals surface area contributed by atoms with Crippen LogP contribution in [0.3, 0.4) is 0 Å². The predicted molar refractivity (Wildman–Crippen MR) is 79.0 cm³/mol. The molecule has 0 amide bonds. The molecule has 10 heteroatoms. The lowest BCUT2D eigenvalue weighted by Crippen LogP contribution is -2.12. The van der Waals surface area contributed by atoms with Gasteiger partial charge in [-0.1, -0.05) is 6.07 Å². The monoisotopic (exact) mass is 355 g/mol. The number of hydrogen-bond donors (Lipinski definition) is 1. The second-order valence-corrected chi connectivity index (χ2v) is 5.23. The number of hydrogen-bond acceptors (Lipinski definition) is 5. The molecule has 0 aliphatic heterocycles. The summed E-state index contributed by atoms with van der Waals surface area (Å²) in [6.07, 6.45) is -3.69. The molecule has 25 heavy (non-hydrogen) atoms. The van der Waals surface area contributed by atoms with Crippen molar-refractivity contribution in [3.63, 3.8) is 0 Å². The smallest absolute Gasteiger partial charge is 0.433 e. The van der Waals surface area contributed by atoms with E-state index in [0.717, 1.165) is 6.20 Å². The topological polar surface area (TPSA) is 90.1 Å². The van der Waals surface area contributed by atoms with Crippen LogP contribution in [-0.4, -0.2) is 27.3 Å². The molecule has 0 aliphatic carbocycles. The van der Waals surface area contributed by atoms with Gasteiger partial charge in [0.2, 0.25) is 0 Å². The van der Waals surface area contributed by atoms with Gasteiger partial charge < -0.3 is 9.15 Å². The minimum absolute atomic E-state index is 0.0263. The first-order chi connectivity index (χ1) is 11.8. The third-order valence-corrected chi connectivity index (χ3v) is 3.64. The van der Waals surface area contributed by atoms with Crippen molar-refractivity contribution in [1.29, 1.82) is 0 Å². The van der Waals surface area contributed by atoms with E-state index in [1.165, 1.54) is 17.7 Å². The van der Waals surface area contributed by atoms with E-state index in [-0.39, 0.29) is 29.7 Å². The van der Waals surface area contributed by atoms with Gasteiger partial charge in [-0.15, -0.1) is 0 Å². The Morgan fingerprint density at radius 3 is 2.88 bits per heavy atom. The van der Waals surface area contributed by atoms with Crippen LogP contribution in [0.5, 0.6) is 0 Å².